The molecule has 1 N–H and O–H groups in total. The molecule has 0 aliphatic heterocycles. The number of fused-ring (bicyclic) bond motifs is 1. The van der Waals surface area contributed by atoms with Crippen molar-refractivity contribution in [1.29, 1.82) is 0 Å². The number of nitrogens with zero attached hydrogens (tertiary/aromatic N) is 1. The van der Waals surface area contributed by atoms with Crippen molar-refractivity contribution in [3.05, 3.63) is 78.1 Å². The predicted octanol–water partition coefficient (Wildman–Crippen LogP) is 6.14. The van der Waals surface area contributed by atoms with Gasteiger partial charge in [-0.1, -0.05) is 48.5 Å². The Morgan fingerprint density at radius 2 is 1.66 bits per heavy atom. The lowest BCUT2D eigenvalue weighted by Crippen LogP contribution is -2.16. The van der Waals surface area contributed by atoms with E-state index in [-0.39, 0.29) is 30.4 Å². The summed E-state index contributed by atoms with van der Waals surface area (Å²) in [4.78, 5) is 4.56. The maximum absolute atomic E-state index is 13.5. The number of hydrogen-bond acceptors (Lipinski definition) is 6. The van der Waals surface area contributed by atoms with E-state index in [9.17, 15) is 8.96 Å². The molecule has 0 atom stereocenters. The monoisotopic (exact) mass is 454 g/mol. The quantitative estimate of drug-likeness (QED) is 0.306. The van der Waals surface area contributed by atoms with Crippen LogP contribution < -0.4 is 10.8 Å². The second-order valence-corrected chi connectivity index (χ2v) is 8.95. The van der Waals surface area contributed by atoms with Gasteiger partial charge in [0, 0.05) is 12.1 Å². The molecule has 0 bridgehead atoms. The highest BCUT2D eigenvalue weighted by molar-refractivity contribution is 7.62. The largest absolute Gasteiger partial charge is 0.420 e. The Bertz CT molecular complexity index is 1240. The second kappa shape index (κ2) is 9.65. The molecular formula is C24H24FN2O4P. The molecule has 1 heterocycles. The average Bonchev–Trinajstić information content (AvgIpc) is 3.24. The molecule has 0 spiro atoms. The molecule has 0 amide bonds. The molecule has 0 saturated carbocycles. The van der Waals surface area contributed by atoms with Crippen molar-refractivity contribution < 1.29 is 22.4 Å². The Morgan fingerprint density at radius 3 is 2.38 bits per heavy atom. The Kier molecular flexibility index (Phi) is 6.70. The van der Waals surface area contributed by atoms with Crippen LogP contribution in [0, 0.1) is 5.82 Å². The number of aromatic nitrogens is 1. The smallest absolute Gasteiger partial charge is 0.385 e. The van der Waals surface area contributed by atoms with Gasteiger partial charge in [0.15, 0.2) is 0 Å². The van der Waals surface area contributed by atoms with Crippen molar-refractivity contribution in [2.45, 2.75) is 20.4 Å². The van der Waals surface area contributed by atoms with E-state index in [1.807, 2.05) is 42.5 Å². The van der Waals surface area contributed by atoms with E-state index >= 15 is 0 Å². The maximum atomic E-state index is 13.5. The third kappa shape index (κ3) is 4.60. The molecule has 0 saturated heterocycles. The summed E-state index contributed by atoms with van der Waals surface area (Å²) in [6.07, 6.45) is 0. The van der Waals surface area contributed by atoms with Crippen LogP contribution in [0.5, 0.6) is 0 Å². The summed E-state index contributed by atoms with van der Waals surface area (Å²) in [5.41, 5.74) is 1.67. The lowest BCUT2D eigenvalue weighted by molar-refractivity contribution is 0.229. The van der Waals surface area contributed by atoms with Crippen molar-refractivity contribution in [2.24, 2.45) is 0 Å². The minimum Gasteiger partial charge on any atom is -0.420 e. The minimum atomic E-state index is -3.73. The van der Waals surface area contributed by atoms with Crippen molar-refractivity contribution in [2.75, 3.05) is 18.5 Å². The highest BCUT2D eigenvalue weighted by Gasteiger charge is 2.36. The minimum absolute atomic E-state index is 0.0891. The molecule has 1 aromatic heterocycles. The van der Waals surface area contributed by atoms with Gasteiger partial charge in [0.2, 0.25) is 17.2 Å². The van der Waals surface area contributed by atoms with Gasteiger partial charge < -0.3 is 18.8 Å². The number of benzene rings is 3. The Morgan fingerprint density at radius 1 is 0.969 bits per heavy atom. The van der Waals surface area contributed by atoms with E-state index in [1.54, 1.807) is 26.0 Å². The lowest BCUT2D eigenvalue weighted by Gasteiger charge is -2.15. The van der Waals surface area contributed by atoms with Crippen LogP contribution in [-0.4, -0.2) is 18.2 Å². The first-order valence-corrected chi connectivity index (χ1v) is 11.9. The summed E-state index contributed by atoms with van der Waals surface area (Å²) >= 11 is 0. The molecule has 32 heavy (non-hydrogen) atoms. The molecule has 8 heteroatoms. The molecule has 4 rings (SSSR count). The second-order valence-electron chi connectivity index (χ2n) is 7.01. The van der Waals surface area contributed by atoms with E-state index in [2.05, 4.69) is 10.3 Å². The van der Waals surface area contributed by atoms with Crippen LogP contribution in [-0.2, 0) is 20.2 Å². The highest BCUT2D eigenvalue weighted by atomic mass is 31.2. The first-order valence-electron chi connectivity index (χ1n) is 10.4. The number of hydrogen-bond donors (Lipinski definition) is 1. The summed E-state index contributed by atoms with van der Waals surface area (Å²) < 4.78 is 43.9. The zero-order valence-electron chi connectivity index (χ0n) is 17.9. The lowest BCUT2D eigenvalue weighted by atomic mass is 10.0. The van der Waals surface area contributed by atoms with Gasteiger partial charge in [-0.2, -0.15) is 4.98 Å². The van der Waals surface area contributed by atoms with Crippen LogP contribution in [0.15, 0.2) is 71.1 Å². The van der Waals surface area contributed by atoms with Gasteiger partial charge in [0.05, 0.1) is 13.2 Å². The summed E-state index contributed by atoms with van der Waals surface area (Å²) in [6.45, 7) is 4.16. The molecule has 0 unspecified atom stereocenters. The van der Waals surface area contributed by atoms with Gasteiger partial charge in [-0.15, -0.1) is 0 Å². The van der Waals surface area contributed by atoms with Crippen LogP contribution in [0.2, 0.25) is 0 Å². The number of nitrogens with one attached hydrogen (secondary N) is 1. The fourth-order valence-corrected chi connectivity index (χ4v) is 5.01. The molecule has 3 aromatic carbocycles. The number of halogens is 1. The molecule has 0 aliphatic carbocycles. The average molecular weight is 454 g/mol. The van der Waals surface area contributed by atoms with Gasteiger partial charge in [-0.05, 0) is 48.4 Å². The van der Waals surface area contributed by atoms with Crippen LogP contribution in [0.4, 0.5) is 10.3 Å². The van der Waals surface area contributed by atoms with E-state index in [0.29, 0.717) is 12.4 Å². The van der Waals surface area contributed by atoms with Crippen LogP contribution in [0.25, 0.3) is 22.2 Å². The zero-order chi connectivity index (χ0) is 22.6. The molecule has 4 aromatic rings. The molecule has 0 radical (unpaired) electrons. The zero-order valence-corrected chi connectivity index (χ0v) is 18.8. The van der Waals surface area contributed by atoms with Gasteiger partial charge in [0.25, 0.3) is 0 Å². The van der Waals surface area contributed by atoms with Crippen LogP contribution in [0.1, 0.15) is 19.4 Å². The van der Waals surface area contributed by atoms with E-state index in [1.165, 1.54) is 12.1 Å². The molecule has 0 fully saturated rings. The Balaban J connectivity index is 1.78. The SMILES string of the molecule is CCOP(=O)(OCC)c1nc(-c2cccc3ccccc23)oc1NCc1ccc(F)cc1. The normalized spacial score (nSPS) is 11.7. The predicted molar refractivity (Wildman–Crippen MR) is 124 cm³/mol. The third-order valence-corrected chi connectivity index (χ3v) is 6.87. The molecule has 166 valence electrons. The van der Waals surface area contributed by atoms with Crippen LogP contribution >= 0.6 is 7.60 Å². The number of oxazole rings is 1. The first kappa shape index (κ1) is 22.2. The number of rotatable bonds is 9. The topological polar surface area (TPSA) is 73.6 Å². The Hall–Kier alpha value is -2.99. The van der Waals surface area contributed by atoms with E-state index in [0.717, 1.165) is 21.9 Å². The first-order chi connectivity index (χ1) is 15.5. The molecular weight excluding hydrogens is 430 g/mol. The highest BCUT2D eigenvalue weighted by Crippen LogP contribution is 2.49. The van der Waals surface area contributed by atoms with E-state index in [4.69, 9.17) is 13.5 Å². The maximum Gasteiger partial charge on any atom is 0.385 e. The van der Waals surface area contributed by atoms with Gasteiger partial charge in [-0.3, -0.25) is 4.57 Å². The number of anilines is 1. The summed E-state index contributed by atoms with van der Waals surface area (Å²) in [7, 11) is -3.73. The van der Waals surface area contributed by atoms with Crippen molar-refractivity contribution in [3.63, 3.8) is 0 Å². The van der Waals surface area contributed by atoms with Crippen LogP contribution in [0.3, 0.4) is 0 Å². The van der Waals surface area contributed by atoms with Gasteiger partial charge >= 0.3 is 7.60 Å². The standard InChI is InChI=1S/C24H24FN2O4P/c1-3-29-32(28,30-4-2)24-23(26-16-17-12-14-19(25)15-13-17)31-22(27-24)21-11-7-9-18-8-5-6-10-20(18)21/h5-15,26H,3-4,16H2,1-2H3. The van der Waals surface area contributed by atoms with Crippen molar-refractivity contribution >= 4 is 29.7 Å². The van der Waals surface area contributed by atoms with Gasteiger partial charge in [-0.25, -0.2) is 4.39 Å². The third-order valence-electron chi connectivity index (χ3n) is 4.85. The molecule has 6 nitrogen and oxygen atoms in total. The van der Waals surface area contributed by atoms with Crippen molar-refractivity contribution in [3.8, 4) is 11.5 Å². The fourth-order valence-electron chi connectivity index (χ4n) is 3.42. The van der Waals surface area contributed by atoms with E-state index < -0.39 is 7.60 Å². The summed E-state index contributed by atoms with van der Waals surface area (Å²) in [5.74, 6) is 0.185. The van der Waals surface area contributed by atoms with Gasteiger partial charge in [0.1, 0.15) is 5.82 Å². The summed E-state index contributed by atoms with van der Waals surface area (Å²) in [5, 5.41) is 5.11. The Labute approximate surface area is 185 Å². The van der Waals surface area contributed by atoms with Crippen molar-refractivity contribution in [1.82, 2.24) is 4.98 Å². The fraction of sp³-hybridized carbons (Fsp3) is 0.208. The molecule has 0 aliphatic rings. The summed E-state index contributed by atoms with van der Waals surface area (Å²) in [6, 6.07) is 19.8.